The van der Waals surface area contributed by atoms with Crippen LogP contribution in [0.4, 0.5) is 0 Å². The molecule has 4 aromatic rings. The lowest BCUT2D eigenvalue weighted by Crippen LogP contribution is -2.05. The molecule has 2 heterocycles. The van der Waals surface area contributed by atoms with Crippen LogP contribution in [-0.4, -0.2) is 14.8 Å². The van der Waals surface area contributed by atoms with Crippen LogP contribution in [0, 0.1) is 6.92 Å². The van der Waals surface area contributed by atoms with Crippen LogP contribution in [0.25, 0.3) is 27.9 Å². The van der Waals surface area contributed by atoms with Gasteiger partial charge in [-0.2, -0.15) is 4.52 Å². The van der Waals surface area contributed by atoms with E-state index in [1.165, 1.54) is 0 Å². The first kappa shape index (κ1) is 11.8. The molecule has 5 heteroatoms. The van der Waals surface area contributed by atoms with Crippen molar-refractivity contribution in [3.05, 3.63) is 64.5 Å². The molecule has 0 aliphatic rings. The van der Waals surface area contributed by atoms with Crippen LogP contribution in [-0.2, 0) is 0 Å². The molecule has 0 saturated heterocycles. The fourth-order valence-electron chi connectivity index (χ4n) is 2.54. The van der Waals surface area contributed by atoms with Crippen molar-refractivity contribution >= 4 is 16.6 Å². The molecule has 0 amide bonds. The molecule has 0 N–H and O–H groups in total. The molecule has 2 aromatic carbocycles. The van der Waals surface area contributed by atoms with Crippen molar-refractivity contribution in [2.24, 2.45) is 0 Å². The number of hydrogen-bond acceptors (Lipinski definition) is 4. The number of hydrogen-bond donors (Lipinski definition) is 0. The third-order valence-corrected chi connectivity index (χ3v) is 3.54. The summed E-state index contributed by atoms with van der Waals surface area (Å²) in [6, 6.07) is 15.1. The summed E-state index contributed by atoms with van der Waals surface area (Å²) in [7, 11) is 0. The SMILES string of the molecule is Cc1cccc2c(=O)oc3c(-c4ccccc4)nnn3c12. The van der Waals surface area contributed by atoms with E-state index in [1.54, 1.807) is 10.6 Å². The molecule has 0 bridgehead atoms. The maximum atomic E-state index is 12.2. The quantitative estimate of drug-likeness (QED) is 0.537. The highest BCUT2D eigenvalue weighted by Gasteiger charge is 2.16. The van der Waals surface area contributed by atoms with Crippen molar-refractivity contribution in [1.82, 2.24) is 14.8 Å². The van der Waals surface area contributed by atoms with Crippen molar-refractivity contribution in [3.63, 3.8) is 0 Å². The van der Waals surface area contributed by atoms with Crippen LogP contribution in [0.2, 0.25) is 0 Å². The Bertz CT molecular complexity index is 1020. The minimum absolute atomic E-state index is 0.369. The molecular weight excluding hydrogens is 266 g/mol. The fourth-order valence-corrected chi connectivity index (χ4v) is 2.54. The fraction of sp³-hybridized carbons (Fsp3) is 0.0625. The second-order valence-electron chi connectivity index (χ2n) is 4.88. The lowest BCUT2D eigenvalue weighted by molar-refractivity contribution is 0.543. The van der Waals surface area contributed by atoms with Gasteiger partial charge in [-0.25, -0.2) is 4.79 Å². The Balaban J connectivity index is 2.18. The molecule has 0 aliphatic carbocycles. The zero-order valence-electron chi connectivity index (χ0n) is 11.3. The van der Waals surface area contributed by atoms with Crippen molar-refractivity contribution in [2.45, 2.75) is 6.92 Å². The molecular formula is C16H11N3O2. The van der Waals surface area contributed by atoms with Gasteiger partial charge in [0.1, 0.15) is 0 Å². The summed E-state index contributed by atoms with van der Waals surface area (Å²) in [6.45, 7) is 1.94. The molecule has 0 spiro atoms. The van der Waals surface area contributed by atoms with Gasteiger partial charge >= 0.3 is 5.63 Å². The maximum Gasteiger partial charge on any atom is 0.347 e. The Morgan fingerprint density at radius 2 is 1.86 bits per heavy atom. The van der Waals surface area contributed by atoms with Crippen LogP contribution >= 0.6 is 0 Å². The van der Waals surface area contributed by atoms with E-state index in [2.05, 4.69) is 10.3 Å². The molecule has 0 radical (unpaired) electrons. The average molecular weight is 277 g/mol. The zero-order chi connectivity index (χ0) is 14.4. The summed E-state index contributed by atoms with van der Waals surface area (Å²) < 4.78 is 7.03. The zero-order valence-corrected chi connectivity index (χ0v) is 11.3. The van der Waals surface area contributed by atoms with E-state index in [1.807, 2.05) is 49.4 Å². The predicted octanol–water partition coefficient (Wildman–Crippen LogP) is 2.81. The first-order valence-corrected chi connectivity index (χ1v) is 6.59. The highest BCUT2D eigenvalue weighted by Crippen LogP contribution is 2.24. The summed E-state index contributed by atoms with van der Waals surface area (Å²) in [4.78, 5) is 12.2. The van der Waals surface area contributed by atoms with Crippen molar-refractivity contribution in [3.8, 4) is 11.3 Å². The average Bonchev–Trinajstić information content (AvgIpc) is 2.92. The Labute approximate surface area is 119 Å². The van der Waals surface area contributed by atoms with E-state index in [0.29, 0.717) is 16.8 Å². The topological polar surface area (TPSA) is 60.4 Å². The lowest BCUT2D eigenvalue weighted by atomic mass is 10.1. The highest BCUT2D eigenvalue weighted by molar-refractivity contribution is 5.84. The van der Waals surface area contributed by atoms with E-state index < -0.39 is 0 Å². The number of para-hydroxylation sites is 1. The van der Waals surface area contributed by atoms with Gasteiger partial charge in [-0.15, -0.1) is 5.10 Å². The molecule has 0 aliphatic heterocycles. The largest absolute Gasteiger partial charge is 0.401 e. The number of benzene rings is 2. The summed E-state index contributed by atoms with van der Waals surface area (Å²) in [5, 5.41) is 8.84. The van der Waals surface area contributed by atoms with Gasteiger partial charge in [0.15, 0.2) is 5.69 Å². The number of nitrogens with zero attached hydrogens (tertiary/aromatic N) is 3. The van der Waals surface area contributed by atoms with E-state index in [9.17, 15) is 4.79 Å². The van der Waals surface area contributed by atoms with E-state index >= 15 is 0 Å². The molecule has 4 rings (SSSR count). The molecule has 0 atom stereocenters. The van der Waals surface area contributed by atoms with E-state index in [0.717, 1.165) is 16.6 Å². The Morgan fingerprint density at radius 1 is 1.05 bits per heavy atom. The van der Waals surface area contributed by atoms with Crippen molar-refractivity contribution < 1.29 is 4.42 Å². The van der Waals surface area contributed by atoms with Crippen LogP contribution < -0.4 is 5.63 Å². The van der Waals surface area contributed by atoms with Crippen LogP contribution in [0.1, 0.15) is 5.56 Å². The Hall–Kier alpha value is -2.95. The molecule has 2 aromatic heterocycles. The minimum Gasteiger partial charge on any atom is -0.401 e. The number of fused-ring (bicyclic) bond motifs is 3. The number of rotatable bonds is 1. The molecule has 0 saturated carbocycles. The first-order chi connectivity index (χ1) is 10.3. The minimum atomic E-state index is -0.374. The number of aromatic nitrogens is 3. The van der Waals surface area contributed by atoms with Gasteiger partial charge in [0.25, 0.3) is 5.71 Å². The van der Waals surface area contributed by atoms with Gasteiger partial charge in [-0.1, -0.05) is 47.7 Å². The summed E-state index contributed by atoms with van der Waals surface area (Å²) in [6.07, 6.45) is 0. The first-order valence-electron chi connectivity index (χ1n) is 6.59. The third-order valence-electron chi connectivity index (χ3n) is 3.54. The van der Waals surface area contributed by atoms with Crippen molar-refractivity contribution in [1.29, 1.82) is 0 Å². The molecule has 5 nitrogen and oxygen atoms in total. The third kappa shape index (κ3) is 1.67. The summed E-state index contributed by atoms with van der Waals surface area (Å²) in [5.41, 5.74) is 3.11. The van der Waals surface area contributed by atoms with Gasteiger partial charge in [0.2, 0.25) is 0 Å². The van der Waals surface area contributed by atoms with Crippen LogP contribution in [0.5, 0.6) is 0 Å². The van der Waals surface area contributed by atoms with E-state index in [4.69, 9.17) is 4.42 Å². The molecule has 21 heavy (non-hydrogen) atoms. The van der Waals surface area contributed by atoms with E-state index in [-0.39, 0.29) is 5.63 Å². The second kappa shape index (κ2) is 4.28. The second-order valence-corrected chi connectivity index (χ2v) is 4.88. The number of aryl methyl sites for hydroxylation is 1. The molecule has 0 unspecified atom stereocenters. The normalized spacial score (nSPS) is 11.3. The summed E-state index contributed by atoms with van der Waals surface area (Å²) in [5.74, 6) is 0. The van der Waals surface area contributed by atoms with Gasteiger partial charge in [0, 0.05) is 5.56 Å². The maximum absolute atomic E-state index is 12.2. The van der Waals surface area contributed by atoms with Gasteiger partial charge in [-0.3, -0.25) is 0 Å². The standard InChI is InChI=1S/C16H11N3O2/c1-10-6-5-9-12-14(10)19-15(21-16(12)20)13(17-18-19)11-7-3-2-4-8-11/h2-9H,1H3. The monoisotopic (exact) mass is 277 g/mol. The molecule has 0 fully saturated rings. The lowest BCUT2D eigenvalue weighted by Gasteiger charge is -2.02. The van der Waals surface area contributed by atoms with Gasteiger partial charge < -0.3 is 4.42 Å². The predicted molar refractivity (Wildman–Crippen MR) is 79.2 cm³/mol. The summed E-state index contributed by atoms with van der Waals surface area (Å²) >= 11 is 0. The Morgan fingerprint density at radius 3 is 2.67 bits per heavy atom. The Kier molecular flexibility index (Phi) is 2.41. The van der Waals surface area contributed by atoms with Crippen molar-refractivity contribution in [2.75, 3.05) is 0 Å². The van der Waals surface area contributed by atoms with Crippen LogP contribution in [0.3, 0.4) is 0 Å². The smallest absolute Gasteiger partial charge is 0.347 e. The molecule has 102 valence electrons. The van der Waals surface area contributed by atoms with Crippen LogP contribution in [0.15, 0.2) is 57.7 Å². The van der Waals surface area contributed by atoms with Gasteiger partial charge in [-0.05, 0) is 18.6 Å². The highest BCUT2D eigenvalue weighted by atomic mass is 16.4. The van der Waals surface area contributed by atoms with Gasteiger partial charge in [0.05, 0.1) is 10.9 Å².